The second-order valence-electron chi connectivity index (χ2n) is 2.68. The summed E-state index contributed by atoms with van der Waals surface area (Å²) < 4.78 is 0. The van der Waals surface area contributed by atoms with Crippen molar-refractivity contribution in [2.24, 2.45) is 0 Å². The van der Waals surface area contributed by atoms with E-state index in [-0.39, 0.29) is 26.0 Å². The molecule has 1 N–H and O–H groups in total. The first kappa shape index (κ1) is 15.5. The maximum Gasteiger partial charge on any atom is 0.265 e. The third-order valence-corrected chi connectivity index (χ3v) is 2.92. The predicted molar refractivity (Wildman–Crippen MR) is 71.9 cm³/mol. The lowest BCUT2D eigenvalue weighted by atomic mass is 10.6. The van der Waals surface area contributed by atoms with Crippen LogP contribution in [0.3, 0.4) is 0 Å². The lowest BCUT2D eigenvalue weighted by Gasteiger charge is -1.90. The Morgan fingerprint density at radius 1 is 0.889 bits per heavy atom. The van der Waals surface area contributed by atoms with E-state index in [1.165, 1.54) is 6.07 Å². The Labute approximate surface area is 126 Å². The lowest BCUT2D eigenvalue weighted by molar-refractivity contribution is 0.989. The van der Waals surface area contributed by atoms with E-state index in [0.29, 0.717) is 5.02 Å². The minimum atomic E-state index is -0.357. The zero-order valence-electron chi connectivity index (χ0n) is 8.29. The van der Waals surface area contributed by atoms with Crippen molar-refractivity contribution in [1.29, 1.82) is 0 Å². The monoisotopic (exact) mass is 346 g/mol. The Balaban J connectivity index is 0.000000180. The standard InChI is InChI=1S/C4HCl3N2.C4H2Cl2N2O/c5-2-1-3(6)8-9-4(2)7;5-2-1-3(9)7-8-4(2)6/h1H;1H,(H,7,9). The van der Waals surface area contributed by atoms with E-state index in [2.05, 4.69) is 20.4 Å². The fourth-order valence-electron chi connectivity index (χ4n) is 0.697. The molecule has 2 heterocycles. The van der Waals surface area contributed by atoms with Gasteiger partial charge >= 0.3 is 0 Å². The zero-order chi connectivity index (χ0) is 13.7. The highest BCUT2D eigenvalue weighted by Gasteiger charge is 1.98. The highest BCUT2D eigenvalue weighted by Crippen LogP contribution is 2.19. The molecule has 0 fully saturated rings. The van der Waals surface area contributed by atoms with Gasteiger partial charge in [0, 0.05) is 6.07 Å². The second kappa shape index (κ2) is 7.11. The van der Waals surface area contributed by atoms with Crippen LogP contribution >= 0.6 is 58.0 Å². The molecule has 5 nitrogen and oxygen atoms in total. The van der Waals surface area contributed by atoms with E-state index in [1.807, 2.05) is 0 Å². The molecule has 0 aliphatic rings. The Hall–Kier alpha value is -0.590. The summed E-state index contributed by atoms with van der Waals surface area (Å²) >= 11 is 27.1. The first-order valence-electron chi connectivity index (χ1n) is 4.15. The maximum absolute atomic E-state index is 10.4. The second-order valence-corrected chi connectivity index (χ2v) is 4.59. The molecule has 0 atom stereocenters. The largest absolute Gasteiger partial charge is 0.268 e. The van der Waals surface area contributed by atoms with Gasteiger partial charge in [-0.15, -0.1) is 10.2 Å². The number of aromatic nitrogens is 4. The summed E-state index contributed by atoms with van der Waals surface area (Å²) in [6, 6.07) is 2.59. The van der Waals surface area contributed by atoms with Crippen LogP contribution in [-0.4, -0.2) is 20.4 Å². The van der Waals surface area contributed by atoms with Crippen molar-refractivity contribution < 1.29 is 0 Å². The van der Waals surface area contributed by atoms with E-state index in [0.717, 1.165) is 6.07 Å². The topological polar surface area (TPSA) is 71.5 Å². The first-order chi connectivity index (χ1) is 8.40. The third kappa shape index (κ3) is 4.96. The smallest absolute Gasteiger partial charge is 0.265 e. The van der Waals surface area contributed by atoms with Gasteiger partial charge in [-0.2, -0.15) is 5.10 Å². The van der Waals surface area contributed by atoms with Crippen molar-refractivity contribution in [3.8, 4) is 0 Å². The van der Waals surface area contributed by atoms with Crippen molar-refractivity contribution >= 4 is 58.0 Å². The fourth-order valence-corrected chi connectivity index (χ4v) is 1.37. The minimum Gasteiger partial charge on any atom is -0.268 e. The average Bonchev–Trinajstić information content (AvgIpc) is 2.30. The number of halogens is 5. The van der Waals surface area contributed by atoms with Crippen LogP contribution in [0, 0.1) is 0 Å². The van der Waals surface area contributed by atoms with Crippen molar-refractivity contribution in [3.05, 3.63) is 48.0 Å². The van der Waals surface area contributed by atoms with Crippen LogP contribution < -0.4 is 5.56 Å². The summed E-state index contributed by atoms with van der Waals surface area (Å²) in [7, 11) is 0. The molecule has 0 bridgehead atoms. The molecule has 2 aromatic rings. The number of rotatable bonds is 0. The van der Waals surface area contributed by atoms with Crippen LogP contribution in [0.1, 0.15) is 0 Å². The summed E-state index contributed by atoms with van der Waals surface area (Å²) in [4.78, 5) is 10.4. The van der Waals surface area contributed by atoms with E-state index < -0.39 is 0 Å². The third-order valence-electron chi connectivity index (χ3n) is 1.40. The Morgan fingerprint density at radius 3 is 1.94 bits per heavy atom. The molecule has 0 saturated heterocycles. The molecule has 0 aliphatic carbocycles. The van der Waals surface area contributed by atoms with Crippen LogP contribution in [0.5, 0.6) is 0 Å². The molecule has 96 valence electrons. The van der Waals surface area contributed by atoms with Gasteiger partial charge in [-0.1, -0.05) is 58.0 Å². The average molecular weight is 348 g/mol. The maximum atomic E-state index is 10.4. The Bertz CT molecular complexity index is 602. The molecule has 0 amide bonds. The summed E-state index contributed by atoms with van der Waals surface area (Å²) in [5.41, 5.74) is -0.357. The number of nitrogens with one attached hydrogen (secondary N) is 1. The molecular weight excluding hydrogens is 345 g/mol. The van der Waals surface area contributed by atoms with E-state index in [4.69, 9.17) is 58.0 Å². The van der Waals surface area contributed by atoms with Gasteiger partial charge in [0.05, 0.1) is 10.0 Å². The first-order valence-corrected chi connectivity index (χ1v) is 6.04. The summed E-state index contributed by atoms with van der Waals surface area (Å²) in [6.07, 6.45) is 0. The highest BCUT2D eigenvalue weighted by molar-refractivity contribution is 6.42. The molecule has 18 heavy (non-hydrogen) atoms. The van der Waals surface area contributed by atoms with E-state index in [1.54, 1.807) is 0 Å². The normalized spacial score (nSPS) is 9.61. The van der Waals surface area contributed by atoms with Gasteiger partial charge in [0.1, 0.15) is 0 Å². The summed E-state index contributed by atoms with van der Waals surface area (Å²) in [5.74, 6) is 0. The van der Waals surface area contributed by atoms with E-state index in [9.17, 15) is 4.79 Å². The van der Waals surface area contributed by atoms with Gasteiger partial charge in [0.2, 0.25) is 0 Å². The SMILES string of the molecule is Clc1cc(Cl)c(Cl)nn1.O=c1cc(Cl)c(Cl)n[nH]1. The summed E-state index contributed by atoms with van der Waals surface area (Å²) in [6.45, 7) is 0. The number of hydrogen-bond donors (Lipinski definition) is 1. The van der Waals surface area contributed by atoms with Crippen LogP contribution in [0.15, 0.2) is 16.9 Å². The summed E-state index contributed by atoms with van der Waals surface area (Å²) in [5, 5.41) is 13.4. The van der Waals surface area contributed by atoms with Crippen LogP contribution in [-0.2, 0) is 0 Å². The van der Waals surface area contributed by atoms with Gasteiger partial charge in [-0.25, -0.2) is 5.10 Å². The van der Waals surface area contributed by atoms with Gasteiger partial charge in [0.25, 0.3) is 5.56 Å². The van der Waals surface area contributed by atoms with Crippen LogP contribution in [0.25, 0.3) is 0 Å². The van der Waals surface area contributed by atoms with Crippen LogP contribution in [0.2, 0.25) is 25.5 Å². The molecular formula is C8H3Cl5N4O. The molecule has 10 heteroatoms. The number of nitrogens with zero attached hydrogens (tertiary/aromatic N) is 3. The number of aromatic amines is 1. The molecule has 0 spiro atoms. The predicted octanol–water partition coefficient (Wildman–Crippen LogP) is 3.51. The van der Waals surface area contributed by atoms with Gasteiger partial charge in [-0.05, 0) is 6.07 Å². The Kier molecular flexibility index (Phi) is 6.11. The molecule has 0 aliphatic heterocycles. The quantitative estimate of drug-likeness (QED) is 0.791. The van der Waals surface area contributed by atoms with Crippen molar-refractivity contribution in [2.45, 2.75) is 0 Å². The van der Waals surface area contributed by atoms with Crippen molar-refractivity contribution in [3.63, 3.8) is 0 Å². The number of H-pyrrole nitrogens is 1. The molecule has 0 unspecified atom stereocenters. The van der Waals surface area contributed by atoms with Gasteiger partial charge in [0.15, 0.2) is 15.5 Å². The van der Waals surface area contributed by atoms with Gasteiger partial charge in [-0.3, -0.25) is 4.79 Å². The molecule has 0 aromatic carbocycles. The molecule has 0 radical (unpaired) electrons. The Morgan fingerprint density at radius 2 is 1.50 bits per heavy atom. The lowest BCUT2D eigenvalue weighted by Crippen LogP contribution is -2.05. The van der Waals surface area contributed by atoms with Crippen LogP contribution in [0.4, 0.5) is 0 Å². The molecule has 2 rings (SSSR count). The van der Waals surface area contributed by atoms with Crippen molar-refractivity contribution in [1.82, 2.24) is 20.4 Å². The highest BCUT2D eigenvalue weighted by atomic mass is 35.5. The van der Waals surface area contributed by atoms with Crippen molar-refractivity contribution in [2.75, 3.05) is 0 Å². The van der Waals surface area contributed by atoms with Gasteiger partial charge < -0.3 is 0 Å². The fraction of sp³-hybridized carbons (Fsp3) is 0. The number of hydrogen-bond acceptors (Lipinski definition) is 4. The molecule has 0 saturated carbocycles. The zero-order valence-corrected chi connectivity index (χ0v) is 12.1. The molecule has 2 aromatic heterocycles. The van der Waals surface area contributed by atoms with E-state index >= 15 is 0 Å². The minimum absolute atomic E-state index is 0.108.